The zero-order chi connectivity index (χ0) is 18.9. The average molecular weight is 382 g/mol. The summed E-state index contributed by atoms with van der Waals surface area (Å²) in [6, 6.07) is 3.46. The monoisotopic (exact) mass is 381 g/mol. The van der Waals surface area contributed by atoms with Crippen molar-refractivity contribution in [1.82, 2.24) is 15.5 Å². The predicted octanol–water partition coefficient (Wildman–Crippen LogP) is 2.91. The van der Waals surface area contributed by atoms with E-state index in [-0.39, 0.29) is 35.8 Å². The van der Waals surface area contributed by atoms with E-state index in [1.807, 2.05) is 0 Å². The first-order valence-corrected chi connectivity index (χ1v) is 9.09. The van der Waals surface area contributed by atoms with Gasteiger partial charge in [-0.05, 0) is 37.5 Å². The van der Waals surface area contributed by atoms with Gasteiger partial charge in [-0.3, -0.25) is 14.5 Å². The van der Waals surface area contributed by atoms with E-state index >= 15 is 0 Å². The summed E-state index contributed by atoms with van der Waals surface area (Å²) in [5.74, 6) is -1.05. The number of hydrogen-bond donors (Lipinski definition) is 2. The van der Waals surface area contributed by atoms with Crippen LogP contribution in [0.2, 0.25) is 5.02 Å². The zero-order valence-corrected chi connectivity index (χ0v) is 15.2. The lowest BCUT2D eigenvalue weighted by Gasteiger charge is -2.20. The number of nitrogens with one attached hydrogen (secondary N) is 2. The molecule has 4 amide bonds. The Morgan fingerprint density at radius 2 is 2.08 bits per heavy atom. The molecule has 0 aromatic heterocycles. The third kappa shape index (κ3) is 3.53. The summed E-state index contributed by atoms with van der Waals surface area (Å²) < 4.78 is 13.2. The minimum absolute atomic E-state index is 0.00844. The van der Waals surface area contributed by atoms with Gasteiger partial charge in [0.1, 0.15) is 11.4 Å². The molecule has 1 aromatic rings. The summed E-state index contributed by atoms with van der Waals surface area (Å²) in [4.78, 5) is 37.9. The van der Waals surface area contributed by atoms with Gasteiger partial charge in [0.25, 0.3) is 5.91 Å². The second-order valence-corrected chi connectivity index (χ2v) is 7.30. The number of nitrogens with zero attached hydrogens (tertiary/aromatic N) is 1. The van der Waals surface area contributed by atoms with Gasteiger partial charge in [-0.25, -0.2) is 9.18 Å². The third-order valence-electron chi connectivity index (χ3n) is 5.09. The Morgan fingerprint density at radius 3 is 2.73 bits per heavy atom. The quantitative estimate of drug-likeness (QED) is 0.770. The Balaban J connectivity index is 1.54. The molecular weight excluding hydrogens is 361 g/mol. The lowest BCUT2D eigenvalue weighted by Crippen LogP contribution is -2.44. The molecule has 8 heteroatoms. The second kappa shape index (κ2) is 7.23. The van der Waals surface area contributed by atoms with Crippen molar-refractivity contribution in [2.75, 3.05) is 6.54 Å². The van der Waals surface area contributed by atoms with E-state index < -0.39 is 17.4 Å². The number of halogens is 2. The van der Waals surface area contributed by atoms with Crippen LogP contribution in [0.3, 0.4) is 0 Å². The summed E-state index contributed by atoms with van der Waals surface area (Å²) in [6.07, 6.45) is 3.15. The van der Waals surface area contributed by atoms with Crippen molar-refractivity contribution in [3.05, 3.63) is 34.6 Å². The fraction of sp³-hybridized carbons (Fsp3) is 0.500. The largest absolute Gasteiger partial charge is 0.350 e. The van der Waals surface area contributed by atoms with Crippen molar-refractivity contribution >= 4 is 29.4 Å². The highest BCUT2D eigenvalue weighted by molar-refractivity contribution is 6.30. The molecule has 0 bridgehead atoms. The lowest BCUT2D eigenvalue weighted by atomic mass is 9.98. The van der Waals surface area contributed by atoms with E-state index in [1.54, 1.807) is 13.0 Å². The van der Waals surface area contributed by atoms with Gasteiger partial charge in [-0.1, -0.05) is 30.5 Å². The van der Waals surface area contributed by atoms with Gasteiger partial charge in [0.2, 0.25) is 5.91 Å². The molecule has 1 aliphatic heterocycles. The van der Waals surface area contributed by atoms with E-state index in [0.29, 0.717) is 18.4 Å². The van der Waals surface area contributed by atoms with Gasteiger partial charge in [0.15, 0.2) is 0 Å². The molecule has 1 saturated heterocycles. The van der Waals surface area contributed by atoms with Gasteiger partial charge >= 0.3 is 6.03 Å². The lowest BCUT2D eigenvalue weighted by molar-refractivity contribution is -0.131. The van der Waals surface area contributed by atoms with Gasteiger partial charge in [-0.2, -0.15) is 0 Å². The number of carbonyl (C=O) groups is 3. The van der Waals surface area contributed by atoms with E-state index in [2.05, 4.69) is 10.6 Å². The van der Waals surface area contributed by atoms with Gasteiger partial charge < -0.3 is 10.6 Å². The first-order chi connectivity index (χ1) is 12.3. The van der Waals surface area contributed by atoms with Crippen molar-refractivity contribution in [3.8, 4) is 0 Å². The number of benzene rings is 1. The molecule has 26 heavy (non-hydrogen) atoms. The van der Waals surface area contributed by atoms with Crippen LogP contribution in [0.15, 0.2) is 18.2 Å². The normalized spacial score (nSPS) is 19.7. The Kier molecular flexibility index (Phi) is 5.18. The molecule has 2 fully saturated rings. The average Bonchev–Trinajstić information content (AvgIpc) is 3.14. The second-order valence-electron chi connectivity index (χ2n) is 6.89. The van der Waals surface area contributed by atoms with Crippen LogP contribution in [0.1, 0.15) is 50.6 Å². The third-order valence-corrected chi connectivity index (χ3v) is 5.38. The van der Waals surface area contributed by atoms with Crippen LogP contribution in [0.4, 0.5) is 9.18 Å². The minimum Gasteiger partial charge on any atom is -0.350 e. The summed E-state index contributed by atoms with van der Waals surface area (Å²) in [5, 5.41) is 5.54. The Hall–Kier alpha value is -2.15. The molecule has 1 heterocycles. The van der Waals surface area contributed by atoms with Crippen LogP contribution >= 0.6 is 11.6 Å². The van der Waals surface area contributed by atoms with Crippen molar-refractivity contribution in [1.29, 1.82) is 0 Å². The molecular formula is C18H21ClFN3O3. The molecule has 2 aliphatic rings. The van der Waals surface area contributed by atoms with E-state index in [9.17, 15) is 18.8 Å². The van der Waals surface area contributed by atoms with Crippen LogP contribution in [0.5, 0.6) is 0 Å². The molecule has 1 spiro atoms. The maximum absolute atomic E-state index is 13.2. The van der Waals surface area contributed by atoms with Crippen molar-refractivity contribution in [2.45, 2.75) is 50.6 Å². The number of carbonyl (C=O) groups excluding carboxylic acids is 3. The van der Waals surface area contributed by atoms with Gasteiger partial charge in [0, 0.05) is 13.0 Å². The summed E-state index contributed by atoms with van der Waals surface area (Å²) >= 11 is 5.76. The summed E-state index contributed by atoms with van der Waals surface area (Å²) in [6.45, 7) is 1.79. The number of urea groups is 1. The first-order valence-electron chi connectivity index (χ1n) is 8.71. The molecule has 140 valence electrons. The molecule has 1 aromatic carbocycles. The number of rotatable bonds is 5. The number of hydrogen-bond acceptors (Lipinski definition) is 3. The standard InChI is InChI=1S/C18H21ClFN3O3/c1-11(12-4-5-14(20)13(19)10-12)21-15(24)6-9-23-16(25)18(22-17(23)26)7-2-3-8-18/h4-5,10-11H,2-3,6-9H2,1H3,(H,21,24)(H,22,26)/t11-/m0/s1. The van der Waals surface area contributed by atoms with Crippen LogP contribution in [0, 0.1) is 5.82 Å². The molecule has 1 aliphatic carbocycles. The fourth-order valence-electron chi connectivity index (χ4n) is 3.59. The Bertz CT molecular complexity index is 749. The highest BCUT2D eigenvalue weighted by atomic mass is 35.5. The number of amides is 4. The molecule has 3 rings (SSSR count). The van der Waals surface area contributed by atoms with Crippen LogP contribution in [-0.2, 0) is 9.59 Å². The maximum atomic E-state index is 13.2. The first kappa shape index (κ1) is 18.6. The van der Waals surface area contributed by atoms with Gasteiger partial charge in [0.05, 0.1) is 11.1 Å². The smallest absolute Gasteiger partial charge is 0.325 e. The Labute approximate surface area is 156 Å². The van der Waals surface area contributed by atoms with Crippen LogP contribution in [-0.4, -0.2) is 34.8 Å². The van der Waals surface area contributed by atoms with Crippen LogP contribution in [0.25, 0.3) is 0 Å². The Morgan fingerprint density at radius 1 is 1.38 bits per heavy atom. The van der Waals surface area contributed by atoms with Crippen molar-refractivity contribution < 1.29 is 18.8 Å². The maximum Gasteiger partial charge on any atom is 0.325 e. The topological polar surface area (TPSA) is 78.5 Å². The van der Waals surface area contributed by atoms with E-state index in [0.717, 1.165) is 17.7 Å². The molecule has 1 atom stereocenters. The molecule has 2 N–H and O–H groups in total. The summed E-state index contributed by atoms with van der Waals surface area (Å²) in [5.41, 5.74) is -0.0872. The predicted molar refractivity (Wildman–Crippen MR) is 94.0 cm³/mol. The zero-order valence-electron chi connectivity index (χ0n) is 14.5. The molecule has 0 radical (unpaired) electrons. The fourth-order valence-corrected chi connectivity index (χ4v) is 3.78. The highest BCUT2D eigenvalue weighted by Crippen LogP contribution is 2.35. The van der Waals surface area contributed by atoms with E-state index in [1.165, 1.54) is 12.1 Å². The van der Waals surface area contributed by atoms with Crippen molar-refractivity contribution in [3.63, 3.8) is 0 Å². The highest BCUT2D eigenvalue weighted by Gasteiger charge is 2.52. The molecule has 1 saturated carbocycles. The minimum atomic E-state index is -0.758. The number of imide groups is 1. The SMILES string of the molecule is C[C@H](NC(=O)CCN1C(=O)NC2(CCCC2)C1=O)c1ccc(F)c(Cl)c1. The van der Waals surface area contributed by atoms with Gasteiger partial charge in [-0.15, -0.1) is 0 Å². The van der Waals surface area contributed by atoms with E-state index in [4.69, 9.17) is 11.6 Å². The summed E-state index contributed by atoms with van der Waals surface area (Å²) in [7, 11) is 0. The molecule has 6 nitrogen and oxygen atoms in total. The van der Waals surface area contributed by atoms with Crippen molar-refractivity contribution in [2.24, 2.45) is 0 Å². The molecule has 0 unspecified atom stereocenters. The van der Waals surface area contributed by atoms with Crippen LogP contribution < -0.4 is 10.6 Å².